The molecule has 1 aliphatic heterocycles. The Morgan fingerprint density at radius 2 is 1.41 bits per heavy atom. The van der Waals surface area contributed by atoms with Gasteiger partial charge in [-0.1, -0.05) is 170 Å². The first-order valence-corrected chi connectivity index (χ1v) is 23.2. The van der Waals surface area contributed by atoms with E-state index in [1.165, 1.54) is 65.6 Å². The van der Waals surface area contributed by atoms with Crippen molar-refractivity contribution in [3.05, 3.63) is 214 Å². The Morgan fingerprint density at radius 1 is 0.609 bits per heavy atom. The van der Waals surface area contributed by atoms with E-state index in [9.17, 15) is 0 Å². The predicted molar refractivity (Wildman–Crippen MR) is 265 cm³/mol. The van der Waals surface area contributed by atoms with Crippen molar-refractivity contribution in [3.8, 4) is 22.4 Å². The first-order chi connectivity index (χ1) is 31.7. The molecule has 2 aromatic heterocycles. The second-order valence-corrected chi connectivity index (χ2v) is 18.1. The van der Waals surface area contributed by atoms with Crippen LogP contribution >= 0.6 is 0 Å². The van der Waals surface area contributed by atoms with Crippen LogP contribution in [0.3, 0.4) is 0 Å². The molecule has 0 saturated carbocycles. The van der Waals surface area contributed by atoms with Crippen molar-refractivity contribution in [2.45, 2.75) is 50.6 Å². The van der Waals surface area contributed by atoms with Crippen LogP contribution in [0.5, 0.6) is 0 Å². The summed E-state index contributed by atoms with van der Waals surface area (Å²) in [6.45, 7) is 0. The highest BCUT2D eigenvalue weighted by molar-refractivity contribution is 5.94. The third-order valence-corrected chi connectivity index (χ3v) is 14.6. The molecule has 0 radical (unpaired) electrons. The van der Waals surface area contributed by atoms with Crippen LogP contribution in [0, 0.1) is 11.8 Å². The molecule has 3 heterocycles. The fourth-order valence-corrected chi connectivity index (χ4v) is 11.6. The van der Waals surface area contributed by atoms with Crippen molar-refractivity contribution >= 4 is 56.9 Å². The number of hydrogen-bond donors (Lipinski definition) is 0. The van der Waals surface area contributed by atoms with E-state index in [1.807, 2.05) is 0 Å². The number of para-hydroxylation sites is 2. The maximum Gasteiger partial charge on any atom is 0.156 e. The lowest BCUT2D eigenvalue weighted by Gasteiger charge is -2.36. The fourth-order valence-electron chi connectivity index (χ4n) is 11.6. The molecule has 4 nitrogen and oxygen atoms in total. The Labute approximate surface area is 373 Å². The normalized spacial score (nSPS) is 21.9. The van der Waals surface area contributed by atoms with Crippen molar-refractivity contribution in [1.82, 2.24) is 19.4 Å². The SMILES string of the molecule is C1=CCCC(n2c3c(c4ccccc42)=CC(C2=CC4C5=c6ccccc6=CCC5N(C5=CC=C(c6nc(-c7ccc(-c8ccccc8)cc7)c7ccccc7n6)CC5)C4C=C2)CC=3)=C1. The molecule has 7 aromatic rings. The van der Waals surface area contributed by atoms with Crippen molar-refractivity contribution in [3.63, 3.8) is 0 Å². The minimum Gasteiger partial charge on any atom is -0.360 e. The van der Waals surface area contributed by atoms with Crippen molar-refractivity contribution in [2.24, 2.45) is 11.8 Å². The molecule has 0 bridgehead atoms. The highest BCUT2D eigenvalue weighted by Gasteiger charge is 2.46. The van der Waals surface area contributed by atoms with Crippen LogP contribution in [0.15, 0.2) is 187 Å². The maximum atomic E-state index is 5.32. The van der Waals surface area contributed by atoms with Gasteiger partial charge >= 0.3 is 0 Å². The fraction of sp³-hybridized carbons (Fsp3) is 0.167. The quantitative estimate of drug-likeness (QED) is 0.168. The third-order valence-electron chi connectivity index (χ3n) is 14.6. The Morgan fingerprint density at radius 3 is 2.27 bits per heavy atom. The van der Waals surface area contributed by atoms with Gasteiger partial charge in [0.2, 0.25) is 0 Å². The number of allylic oxidation sites excluding steroid dienone is 10. The number of benzene rings is 5. The zero-order chi connectivity index (χ0) is 42.1. The lowest BCUT2D eigenvalue weighted by molar-refractivity contribution is 0.276. The Balaban J connectivity index is 0.857. The average Bonchev–Trinajstić information content (AvgIpc) is 3.89. The Hall–Kier alpha value is -7.30. The summed E-state index contributed by atoms with van der Waals surface area (Å²) in [5, 5.41) is 7.96. The molecule has 1 fully saturated rings. The van der Waals surface area contributed by atoms with Gasteiger partial charge in [0.1, 0.15) is 0 Å². The van der Waals surface area contributed by atoms with E-state index in [-0.39, 0.29) is 6.04 Å². The molecule has 308 valence electrons. The summed E-state index contributed by atoms with van der Waals surface area (Å²) in [7, 11) is 0. The lowest BCUT2D eigenvalue weighted by atomic mass is 9.80. The van der Waals surface area contributed by atoms with Gasteiger partial charge in [0, 0.05) is 50.1 Å². The zero-order valence-electron chi connectivity index (χ0n) is 35.8. The molecule has 4 heteroatoms. The third kappa shape index (κ3) is 6.11. The minimum absolute atomic E-state index is 0.267. The summed E-state index contributed by atoms with van der Waals surface area (Å²) < 4.78 is 2.53. The van der Waals surface area contributed by atoms with Crippen LogP contribution < -0.4 is 21.0 Å². The summed E-state index contributed by atoms with van der Waals surface area (Å²) in [5.41, 5.74) is 13.8. The molecule has 5 aliphatic carbocycles. The van der Waals surface area contributed by atoms with E-state index in [0.717, 1.165) is 66.5 Å². The van der Waals surface area contributed by atoms with Gasteiger partial charge in [-0.2, -0.15) is 0 Å². The number of nitrogens with zero attached hydrogens (tertiary/aromatic N) is 4. The molecular formula is C60H48N4. The molecule has 0 amide bonds. The van der Waals surface area contributed by atoms with Gasteiger partial charge in [0.25, 0.3) is 0 Å². The zero-order valence-corrected chi connectivity index (χ0v) is 35.8. The topological polar surface area (TPSA) is 34.0 Å². The first-order valence-electron chi connectivity index (χ1n) is 23.2. The molecule has 4 atom stereocenters. The van der Waals surface area contributed by atoms with Crippen LogP contribution in [-0.2, 0) is 0 Å². The highest BCUT2D eigenvalue weighted by Crippen LogP contribution is 2.47. The van der Waals surface area contributed by atoms with Gasteiger partial charge in [-0.25, -0.2) is 9.97 Å². The number of likely N-dealkylation sites (tertiary alicyclic amines) is 1. The summed E-state index contributed by atoms with van der Waals surface area (Å²) >= 11 is 0. The molecule has 6 aliphatic rings. The molecule has 4 unspecified atom stereocenters. The van der Waals surface area contributed by atoms with Crippen LogP contribution in [0.2, 0.25) is 0 Å². The summed E-state index contributed by atoms with van der Waals surface area (Å²) in [6.07, 6.45) is 32.8. The van der Waals surface area contributed by atoms with E-state index in [2.05, 4.69) is 204 Å². The minimum atomic E-state index is 0.267. The smallest absolute Gasteiger partial charge is 0.156 e. The van der Waals surface area contributed by atoms with Gasteiger partial charge in [-0.15, -0.1) is 0 Å². The summed E-state index contributed by atoms with van der Waals surface area (Å²) in [6, 6.07) is 46.5. The monoisotopic (exact) mass is 824 g/mol. The van der Waals surface area contributed by atoms with E-state index in [1.54, 1.807) is 5.57 Å². The van der Waals surface area contributed by atoms with Crippen LogP contribution in [0.1, 0.15) is 44.3 Å². The van der Waals surface area contributed by atoms with Crippen LogP contribution in [0.25, 0.3) is 79.3 Å². The number of hydrogen-bond acceptors (Lipinski definition) is 3. The second-order valence-electron chi connectivity index (χ2n) is 18.1. The molecule has 13 rings (SSSR count). The van der Waals surface area contributed by atoms with Crippen molar-refractivity contribution < 1.29 is 0 Å². The van der Waals surface area contributed by atoms with Crippen molar-refractivity contribution in [2.75, 3.05) is 0 Å². The van der Waals surface area contributed by atoms with Gasteiger partial charge in [-0.3, -0.25) is 0 Å². The van der Waals surface area contributed by atoms with E-state index in [4.69, 9.17) is 9.97 Å². The average molecular weight is 825 g/mol. The van der Waals surface area contributed by atoms with E-state index < -0.39 is 0 Å². The number of rotatable bonds is 6. The standard InChI is InChI=1S/C60H48N4/c1-3-13-39(14-4-1)40-23-25-42(26-24-40)59-50-20-9-11-21-53(50)61-60(62-59)43-27-32-47(33-28-43)64-56-35-31-45(38-52(56)58-48-18-8-7-15-41(48)29-36-57(58)64)44-30-34-55-51(37-44)49-19-10-12-22-54(49)63(55)46-16-5-2-6-17-46/h1-5,7-16,18-27,29,31-32,34-35,37-38,44,52,56-57H,6,17,28,30,33,36H2. The van der Waals surface area contributed by atoms with Gasteiger partial charge in [0.05, 0.1) is 28.8 Å². The summed E-state index contributed by atoms with van der Waals surface area (Å²) in [5.74, 6) is 1.46. The van der Waals surface area contributed by atoms with E-state index in [0.29, 0.717) is 17.9 Å². The number of aromatic nitrogens is 3. The van der Waals surface area contributed by atoms with Gasteiger partial charge < -0.3 is 9.47 Å². The Kier molecular flexibility index (Phi) is 8.85. The number of fused-ring (bicyclic) bond motifs is 8. The first kappa shape index (κ1) is 37.3. The second kappa shape index (κ2) is 15.2. The molecule has 0 spiro atoms. The summed E-state index contributed by atoms with van der Waals surface area (Å²) in [4.78, 5) is 13.3. The maximum absolute atomic E-state index is 5.32. The van der Waals surface area contributed by atoms with Crippen LogP contribution in [0.4, 0.5) is 0 Å². The molecule has 5 aromatic carbocycles. The largest absolute Gasteiger partial charge is 0.360 e. The molecule has 64 heavy (non-hydrogen) atoms. The van der Waals surface area contributed by atoms with Gasteiger partial charge in [-0.05, 0) is 101 Å². The molecular weight excluding hydrogens is 777 g/mol. The molecule has 1 saturated heterocycles. The van der Waals surface area contributed by atoms with Gasteiger partial charge in [0.15, 0.2) is 5.82 Å². The van der Waals surface area contributed by atoms with Crippen molar-refractivity contribution in [1.29, 1.82) is 0 Å². The van der Waals surface area contributed by atoms with Crippen LogP contribution in [-0.4, -0.2) is 31.5 Å². The Bertz CT molecular complexity index is 3520. The van der Waals surface area contributed by atoms with E-state index >= 15 is 0 Å². The predicted octanol–water partition coefficient (Wildman–Crippen LogP) is 10.7. The lowest BCUT2D eigenvalue weighted by Crippen LogP contribution is -2.40. The highest BCUT2D eigenvalue weighted by atomic mass is 15.2. The molecule has 0 N–H and O–H groups in total.